The summed E-state index contributed by atoms with van der Waals surface area (Å²) in [6.45, 7) is 6.29. The fraction of sp³-hybridized carbons (Fsp3) is 0.259. The molecule has 0 amide bonds. The third kappa shape index (κ3) is 4.52. The molecule has 0 spiro atoms. The van der Waals surface area contributed by atoms with Gasteiger partial charge in [0.1, 0.15) is 0 Å². The predicted molar refractivity (Wildman–Crippen MR) is 140 cm³/mol. The van der Waals surface area contributed by atoms with Crippen LogP contribution in [0.5, 0.6) is 0 Å². The summed E-state index contributed by atoms with van der Waals surface area (Å²) in [7, 11) is -3.54. The van der Waals surface area contributed by atoms with Crippen LogP contribution in [0.4, 0.5) is 21.5 Å². The fourth-order valence-corrected chi connectivity index (χ4v) is 5.47. The van der Waals surface area contributed by atoms with Gasteiger partial charge in [0.05, 0.1) is 58.8 Å². The van der Waals surface area contributed by atoms with Crippen molar-refractivity contribution in [1.29, 1.82) is 0 Å². The number of sulfone groups is 1. The predicted octanol–water partition coefficient (Wildman–Crippen LogP) is 5.18. The molecule has 2 aromatic carbocycles. The zero-order valence-electron chi connectivity index (χ0n) is 20.4. The Kier molecular flexibility index (Phi) is 6.36. The van der Waals surface area contributed by atoms with E-state index in [4.69, 9.17) is 9.72 Å². The van der Waals surface area contributed by atoms with Crippen molar-refractivity contribution in [2.45, 2.75) is 18.7 Å². The van der Waals surface area contributed by atoms with Crippen LogP contribution in [0.25, 0.3) is 22.2 Å². The van der Waals surface area contributed by atoms with Crippen molar-refractivity contribution in [3.05, 3.63) is 72.1 Å². The highest BCUT2D eigenvalue weighted by molar-refractivity contribution is 7.90. The molecule has 186 valence electrons. The molecular formula is C27H27FN4O3S. The number of benzene rings is 2. The molecule has 1 fully saturated rings. The molecule has 7 nitrogen and oxygen atoms in total. The van der Waals surface area contributed by atoms with E-state index in [1.54, 1.807) is 43.5 Å². The van der Waals surface area contributed by atoms with Gasteiger partial charge < -0.3 is 9.64 Å². The lowest BCUT2D eigenvalue weighted by Crippen LogP contribution is -2.36. The van der Waals surface area contributed by atoms with Crippen molar-refractivity contribution >= 4 is 37.8 Å². The summed E-state index contributed by atoms with van der Waals surface area (Å²) < 4.78 is 47.0. The van der Waals surface area contributed by atoms with Gasteiger partial charge in [0.15, 0.2) is 9.84 Å². The molecule has 9 heteroatoms. The number of rotatable bonds is 5. The second-order valence-electron chi connectivity index (χ2n) is 9.00. The van der Waals surface area contributed by atoms with E-state index in [1.807, 2.05) is 25.1 Å². The van der Waals surface area contributed by atoms with E-state index >= 15 is 4.48 Å². The summed E-state index contributed by atoms with van der Waals surface area (Å²) in [5.41, 5.74) is 4.25. The molecule has 0 aliphatic carbocycles. The van der Waals surface area contributed by atoms with Gasteiger partial charge in [0.25, 0.3) is 0 Å². The maximum Gasteiger partial charge on any atom is 0.176 e. The summed E-state index contributed by atoms with van der Waals surface area (Å²) in [6, 6.07) is 14.2. The quantitative estimate of drug-likeness (QED) is 0.346. The Balaban J connectivity index is 1.71. The van der Waals surface area contributed by atoms with Crippen LogP contribution in [-0.4, -0.2) is 50.9 Å². The highest BCUT2D eigenvalue weighted by Crippen LogP contribution is 2.41. The van der Waals surface area contributed by atoms with Crippen molar-refractivity contribution in [2.75, 3.05) is 42.6 Å². The maximum atomic E-state index is 16.3. The Labute approximate surface area is 210 Å². The fourth-order valence-electron chi connectivity index (χ4n) is 4.60. The summed E-state index contributed by atoms with van der Waals surface area (Å²) in [5.74, 6) is 0. The largest absolute Gasteiger partial charge is 0.378 e. The number of ether oxygens (including phenoxy) is 1. The molecule has 4 aromatic rings. The zero-order chi connectivity index (χ0) is 25.4. The van der Waals surface area contributed by atoms with Crippen LogP contribution in [0.15, 0.2) is 65.8 Å². The van der Waals surface area contributed by atoms with Crippen molar-refractivity contribution in [2.24, 2.45) is 0 Å². The smallest absolute Gasteiger partial charge is 0.176 e. The lowest BCUT2D eigenvalue weighted by atomic mass is 10.00. The van der Waals surface area contributed by atoms with Gasteiger partial charge in [-0.25, -0.2) is 13.4 Å². The molecule has 36 heavy (non-hydrogen) atoms. The first-order chi connectivity index (χ1) is 17.2. The van der Waals surface area contributed by atoms with E-state index in [1.165, 1.54) is 12.5 Å². The summed E-state index contributed by atoms with van der Waals surface area (Å²) in [4.78, 5) is 11.4. The Bertz CT molecular complexity index is 1550. The molecule has 0 N–H and O–H groups in total. The third-order valence-corrected chi connectivity index (χ3v) is 7.56. The van der Waals surface area contributed by atoms with Gasteiger partial charge in [0, 0.05) is 35.9 Å². The Morgan fingerprint density at radius 3 is 2.53 bits per heavy atom. The average Bonchev–Trinajstić information content (AvgIpc) is 2.88. The average molecular weight is 507 g/mol. The zero-order valence-corrected chi connectivity index (χ0v) is 21.2. The van der Waals surface area contributed by atoms with Gasteiger partial charge in [-0.1, -0.05) is 34.3 Å². The number of nitrogens with zero attached hydrogens (tertiary/aromatic N) is 4. The van der Waals surface area contributed by atoms with E-state index < -0.39 is 9.84 Å². The van der Waals surface area contributed by atoms with Gasteiger partial charge in [-0.15, -0.1) is 0 Å². The highest BCUT2D eigenvalue weighted by Gasteiger charge is 2.24. The Hall–Kier alpha value is -3.56. The lowest BCUT2D eigenvalue weighted by molar-refractivity contribution is 0.122. The topological polar surface area (TPSA) is 75.6 Å². The van der Waals surface area contributed by atoms with E-state index in [9.17, 15) is 8.42 Å². The van der Waals surface area contributed by atoms with Gasteiger partial charge >= 0.3 is 0 Å². The molecule has 0 unspecified atom stereocenters. The van der Waals surface area contributed by atoms with Gasteiger partial charge in [0.2, 0.25) is 0 Å². The molecule has 1 aliphatic rings. The maximum absolute atomic E-state index is 16.3. The van der Waals surface area contributed by atoms with Crippen molar-refractivity contribution < 1.29 is 17.6 Å². The molecule has 3 heterocycles. The number of aryl methyl sites for hydroxylation is 1. The number of para-hydroxylation sites is 1. The Morgan fingerprint density at radius 2 is 1.78 bits per heavy atom. The number of pyridine rings is 2. The minimum Gasteiger partial charge on any atom is -0.378 e. The highest BCUT2D eigenvalue weighted by atomic mass is 32.2. The van der Waals surface area contributed by atoms with Gasteiger partial charge in [-0.2, -0.15) is 5.12 Å². The SMILES string of the molecule is Cc1ccc(S(C)(=O)=O)c(-c2nc3ccccc3c(N(F)c3cncc(N4CCOCC4)c3)c2C)c1. The standard InChI is InChI=1S/C27H27FN4O3S/c1-18-8-9-25(36(3,33)34)23(14-18)26-19(2)27(22-6-4-5-7-24(22)30-26)32(28)21-15-20(16-29-17-21)31-10-12-35-13-11-31/h4-9,14-17H,10-13H2,1-3H3. The molecule has 0 bridgehead atoms. The van der Waals surface area contributed by atoms with E-state index in [0.717, 1.165) is 11.3 Å². The van der Waals surface area contributed by atoms with Crippen molar-refractivity contribution in [3.63, 3.8) is 0 Å². The second kappa shape index (κ2) is 9.48. The minimum absolute atomic E-state index is 0.159. The molecule has 2 aromatic heterocycles. The monoisotopic (exact) mass is 506 g/mol. The first-order valence-corrected chi connectivity index (χ1v) is 13.6. The van der Waals surface area contributed by atoms with Crippen LogP contribution in [0.3, 0.4) is 0 Å². The molecule has 1 aliphatic heterocycles. The molecule has 0 atom stereocenters. The normalized spacial score (nSPS) is 14.3. The van der Waals surface area contributed by atoms with Crippen LogP contribution in [-0.2, 0) is 14.6 Å². The van der Waals surface area contributed by atoms with Crippen LogP contribution < -0.4 is 10.0 Å². The number of aromatic nitrogens is 2. The number of fused-ring (bicyclic) bond motifs is 1. The molecular weight excluding hydrogens is 479 g/mol. The second-order valence-corrected chi connectivity index (χ2v) is 11.0. The molecule has 1 saturated heterocycles. The number of halogens is 1. The van der Waals surface area contributed by atoms with Crippen molar-refractivity contribution in [1.82, 2.24) is 9.97 Å². The number of anilines is 3. The Morgan fingerprint density at radius 1 is 1.03 bits per heavy atom. The van der Waals surface area contributed by atoms with E-state index in [-0.39, 0.29) is 10.6 Å². The third-order valence-electron chi connectivity index (χ3n) is 6.40. The molecule has 5 rings (SSSR count). The summed E-state index contributed by atoms with van der Waals surface area (Å²) in [5, 5.41) is 1.24. The number of hydrogen-bond donors (Lipinski definition) is 0. The van der Waals surface area contributed by atoms with Crippen LogP contribution in [0.1, 0.15) is 11.1 Å². The first-order valence-electron chi connectivity index (χ1n) is 11.7. The number of hydrogen-bond acceptors (Lipinski definition) is 7. The van der Waals surface area contributed by atoms with Crippen LogP contribution in [0.2, 0.25) is 0 Å². The van der Waals surface area contributed by atoms with Crippen molar-refractivity contribution in [3.8, 4) is 11.3 Å². The van der Waals surface area contributed by atoms with Gasteiger partial charge in [-0.3, -0.25) is 4.98 Å². The van der Waals surface area contributed by atoms with Crippen LogP contribution >= 0.6 is 0 Å². The van der Waals surface area contributed by atoms with E-state index in [0.29, 0.717) is 64.8 Å². The molecule has 0 radical (unpaired) electrons. The first kappa shape index (κ1) is 24.1. The molecule has 0 saturated carbocycles. The number of morpholine rings is 1. The van der Waals surface area contributed by atoms with Crippen LogP contribution in [0, 0.1) is 13.8 Å². The lowest BCUT2D eigenvalue weighted by Gasteiger charge is -2.29. The van der Waals surface area contributed by atoms with Gasteiger partial charge in [-0.05, 0) is 38.1 Å². The summed E-state index contributed by atoms with van der Waals surface area (Å²) >= 11 is 0. The minimum atomic E-state index is -3.54. The summed E-state index contributed by atoms with van der Waals surface area (Å²) in [6.07, 6.45) is 4.37. The van der Waals surface area contributed by atoms with E-state index in [2.05, 4.69) is 9.88 Å².